The van der Waals surface area contributed by atoms with E-state index in [1.807, 2.05) is 42.5 Å². The molecule has 0 saturated heterocycles. The van der Waals surface area contributed by atoms with E-state index in [4.69, 9.17) is 9.47 Å². The highest BCUT2D eigenvalue weighted by atomic mass is 35.5. The lowest BCUT2D eigenvalue weighted by atomic mass is 9.73. The second-order valence-corrected chi connectivity index (χ2v) is 8.20. The summed E-state index contributed by atoms with van der Waals surface area (Å²) in [4.78, 5) is 13.2. The van der Waals surface area contributed by atoms with Crippen molar-refractivity contribution in [2.45, 2.75) is 32.7 Å². The van der Waals surface area contributed by atoms with Gasteiger partial charge in [0.2, 0.25) is 0 Å². The number of benzene rings is 2. The molecular formula is C23H27ClN2O3. The van der Waals surface area contributed by atoms with Gasteiger partial charge in [-0.1, -0.05) is 32.0 Å². The molecule has 2 aliphatic rings. The van der Waals surface area contributed by atoms with E-state index in [9.17, 15) is 4.79 Å². The highest BCUT2D eigenvalue weighted by molar-refractivity contribution is 6.01. The second kappa shape index (κ2) is 7.99. The molecule has 0 spiro atoms. The molecule has 0 aromatic heterocycles. The molecule has 0 amide bonds. The highest BCUT2D eigenvalue weighted by Gasteiger charge is 2.38. The van der Waals surface area contributed by atoms with Crippen molar-refractivity contribution < 1.29 is 14.3 Å². The fourth-order valence-corrected chi connectivity index (χ4v) is 4.17. The molecule has 0 radical (unpaired) electrons. The van der Waals surface area contributed by atoms with Crippen LogP contribution >= 0.6 is 12.4 Å². The summed E-state index contributed by atoms with van der Waals surface area (Å²) in [6, 6.07) is 13.6. The predicted molar refractivity (Wildman–Crippen MR) is 118 cm³/mol. The molecule has 29 heavy (non-hydrogen) atoms. The van der Waals surface area contributed by atoms with Gasteiger partial charge in [0.15, 0.2) is 17.3 Å². The number of rotatable bonds is 3. The van der Waals surface area contributed by atoms with Crippen LogP contribution in [-0.2, 0) is 4.79 Å². The number of Topliss-reactive ketones (excluding diaryl/α,β-unsaturated/α-hetero) is 1. The van der Waals surface area contributed by atoms with E-state index in [1.165, 1.54) is 0 Å². The average Bonchev–Trinajstić information content (AvgIpc) is 2.82. The summed E-state index contributed by atoms with van der Waals surface area (Å²) in [5, 5.41) is 7.12. The Balaban J connectivity index is 0.00000240. The van der Waals surface area contributed by atoms with Crippen LogP contribution in [0.5, 0.6) is 11.5 Å². The van der Waals surface area contributed by atoms with Crippen molar-refractivity contribution in [3.63, 3.8) is 0 Å². The van der Waals surface area contributed by atoms with Gasteiger partial charge in [0.25, 0.3) is 0 Å². The first-order valence-corrected chi connectivity index (χ1v) is 9.52. The molecule has 6 heteroatoms. The lowest BCUT2D eigenvalue weighted by Gasteiger charge is -2.34. The largest absolute Gasteiger partial charge is 0.493 e. The van der Waals surface area contributed by atoms with Crippen molar-refractivity contribution in [2.24, 2.45) is 5.41 Å². The molecule has 1 atom stereocenters. The number of hydrogen-bond acceptors (Lipinski definition) is 5. The fraction of sp³-hybridized carbons (Fsp3) is 0.348. The first kappa shape index (κ1) is 21.1. The van der Waals surface area contributed by atoms with E-state index in [0.717, 1.165) is 34.6 Å². The summed E-state index contributed by atoms with van der Waals surface area (Å²) in [5.74, 6) is 1.50. The molecule has 1 unspecified atom stereocenters. The average molecular weight is 415 g/mol. The maximum atomic E-state index is 13.2. The minimum Gasteiger partial charge on any atom is -0.493 e. The SMILES string of the molecule is COc1ccc(C2Nc3ccccc3NC3=C2C(=O)CC(C)(C)C3)cc1OC.Cl. The van der Waals surface area contributed by atoms with Gasteiger partial charge >= 0.3 is 0 Å². The summed E-state index contributed by atoms with van der Waals surface area (Å²) in [5.41, 5.74) is 4.67. The number of methoxy groups -OCH3 is 2. The highest BCUT2D eigenvalue weighted by Crippen LogP contribution is 2.46. The van der Waals surface area contributed by atoms with Gasteiger partial charge in [0.05, 0.1) is 31.6 Å². The number of halogens is 1. The monoisotopic (exact) mass is 414 g/mol. The number of para-hydroxylation sites is 2. The van der Waals surface area contributed by atoms with Crippen LogP contribution in [0.1, 0.15) is 38.3 Å². The molecule has 0 fully saturated rings. The third kappa shape index (κ3) is 3.92. The van der Waals surface area contributed by atoms with Crippen molar-refractivity contribution >= 4 is 29.6 Å². The summed E-state index contributed by atoms with van der Waals surface area (Å²) in [6.07, 6.45) is 1.36. The summed E-state index contributed by atoms with van der Waals surface area (Å²) in [6.45, 7) is 4.29. The number of hydrogen-bond donors (Lipinski definition) is 2. The van der Waals surface area contributed by atoms with Gasteiger partial charge in [-0.05, 0) is 41.7 Å². The Morgan fingerprint density at radius 3 is 2.34 bits per heavy atom. The number of anilines is 2. The van der Waals surface area contributed by atoms with Crippen LogP contribution < -0.4 is 20.1 Å². The van der Waals surface area contributed by atoms with Gasteiger partial charge in [-0.25, -0.2) is 0 Å². The van der Waals surface area contributed by atoms with Crippen molar-refractivity contribution in [2.75, 3.05) is 24.9 Å². The number of ether oxygens (including phenoxy) is 2. The zero-order chi connectivity index (χ0) is 19.9. The third-order valence-electron chi connectivity index (χ3n) is 5.46. The van der Waals surface area contributed by atoms with Crippen LogP contribution in [0.25, 0.3) is 0 Å². The minimum atomic E-state index is -0.255. The van der Waals surface area contributed by atoms with Crippen LogP contribution in [-0.4, -0.2) is 20.0 Å². The summed E-state index contributed by atoms with van der Waals surface area (Å²) in [7, 11) is 3.24. The Morgan fingerprint density at radius 1 is 0.966 bits per heavy atom. The smallest absolute Gasteiger partial charge is 0.163 e. The number of allylic oxidation sites excluding steroid dienone is 1. The molecule has 4 rings (SSSR count). The lowest BCUT2D eigenvalue weighted by molar-refractivity contribution is -0.118. The predicted octanol–water partition coefficient (Wildman–Crippen LogP) is 5.35. The molecule has 5 nitrogen and oxygen atoms in total. The van der Waals surface area contributed by atoms with Crippen LogP contribution in [0.15, 0.2) is 53.7 Å². The molecule has 1 heterocycles. The maximum absolute atomic E-state index is 13.2. The Bertz CT molecular complexity index is 968. The van der Waals surface area contributed by atoms with Crippen LogP contribution in [0.2, 0.25) is 0 Å². The first-order chi connectivity index (χ1) is 13.4. The molecular weight excluding hydrogens is 388 g/mol. The van der Waals surface area contributed by atoms with Gasteiger partial charge in [-0.2, -0.15) is 0 Å². The molecule has 2 N–H and O–H groups in total. The zero-order valence-corrected chi connectivity index (χ0v) is 18.0. The van der Waals surface area contributed by atoms with E-state index < -0.39 is 0 Å². The van der Waals surface area contributed by atoms with E-state index in [2.05, 4.69) is 24.5 Å². The van der Waals surface area contributed by atoms with E-state index >= 15 is 0 Å². The van der Waals surface area contributed by atoms with E-state index in [1.54, 1.807) is 14.2 Å². The number of carbonyl (C=O) groups is 1. The standard InChI is InChI=1S/C23H26N2O3.ClH/c1-23(2)12-17-21(18(26)13-23)22(25-16-8-6-5-7-15(16)24-17)14-9-10-19(27-3)20(11-14)28-4;/h5-11,22,24-25H,12-13H2,1-4H3;1H. The number of fused-ring (bicyclic) bond motifs is 1. The van der Waals surface area contributed by atoms with Gasteiger partial charge in [-0.3, -0.25) is 4.79 Å². The van der Waals surface area contributed by atoms with Crippen molar-refractivity contribution in [3.05, 3.63) is 59.3 Å². The van der Waals surface area contributed by atoms with Crippen molar-refractivity contribution in [1.29, 1.82) is 0 Å². The molecule has 2 aromatic carbocycles. The lowest BCUT2D eigenvalue weighted by Crippen LogP contribution is -2.31. The Morgan fingerprint density at radius 2 is 1.66 bits per heavy atom. The number of nitrogens with one attached hydrogen (secondary N) is 2. The Kier molecular flexibility index (Phi) is 5.80. The van der Waals surface area contributed by atoms with Crippen LogP contribution in [0.4, 0.5) is 11.4 Å². The normalized spacial score (nSPS) is 19.6. The van der Waals surface area contributed by atoms with Crippen molar-refractivity contribution in [3.8, 4) is 11.5 Å². The Hall–Kier alpha value is -2.66. The maximum Gasteiger partial charge on any atom is 0.163 e. The zero-order valence-electron chi connectivity index (χ0n) is 17.2. The first-order valence-electron chi connectivity index (χ1n) is 9.52. The number of carbonyl (C=O) groups excluding carboxylic acids is 1. The van der Waals surface area contributed by atoms with Crippen LogP contribution in [0.3, 0.4) is 0 Å². The number of ketones is 1. The van der Waals surface area contributed by atoms with Gasteiger partial charge in [0, 0.05) is 17.7 Å². The van der Waals surface area contributed by atoms with E-state index in [-0.39, 0.29) is 29.6 Å². The van der Waals surface area contributed by atoms with Crippen LogP contribution in [0, 0.1) is 5.41 Å². The summed E-state index contributed by atoms with van der Waals surface area (Å²) >= 11 is 0. The molecule has 154 valence electrons. The van der Waals surface area contributed by atoms with E-state index in [0.29, 0.717) is 17.9 Å². The van der Waals surface area contributed by atoms with Gasteiger partial charge < -0.3 is 20.1 Å². The Labute approximate surface area is 177 Å². The minimum absolute atomic E-state index is 0. The molecule has 1 aliphatic carbocycles. The van der Waals surface area contributed by atoms with Gasteiger partial charge in [-0.15, -0.1) is 12.4 Å². The molecule has 1 aliphatic heterocycles. The fourth-order valence-electron chi connectivity index (χ4n) is 4.17. The molecule has 0 bridgehead atoms. The second-order valence-electron chi connectivity index (χ2n) is 8.20. The quantitative estimate of drug-likeness (QED) is 0.709. The summed E-state index contributed by atoms with van der Waals surface area (Å²) < 4.78 is 10.9. The topological polar surface area (TPSA) is 59.6 Å². The third-order valence-corrected chi connectivity index (χ3v) is 5.46. The molecule has 0 saturated carbocycles. The molecule has 2 aromatic rings. The van der Waals surface area contributed by atoms with Crippen molar-refractivity contribution in [1.82, 2.24) is 0 Å². The van der Waals surface area contributed by atoms with Gasteiger partial charge in [0.1, 0.15) is 0 Å².